The molecule has 0 atom stereocenters. The molecule has 3 aromatic rings. The largest absolute Gasteiger partial charge is 0.444 e. The summed E-state index contributed by atoms with van der Waals surface area (Å²) in [5.41, 5.74) is 2.22. The van der Waals surface area contributed by atoms with Gasteiger partial charge in [-0.15, -0.1) is 0 Å². The van der Waals surface area contributed by atoms with E-state index in [2.05, 4.69) is 16.4 Å². The Hall–Kier alpha value is -2.10. The second kappa shape index (κ2) is 2.70. The van der Waals surface area contributed by atoms with Gasteiger partial charge in [0.15, 0.2) is 5.58 Å². The summed E-state index contributed by atoms with van der Waals surface area (Å²) in [6.07, 6.45) is 5.57. The molecule has 14 heavy (non-hydrogen) atoms. The van der Waals surface area contributed by atoms with E-state index >= 15 is 0 Å². The topological polar surface area (TPSA) is 52.1 Å². The van der Waals surface area contributed by atoms with E-state index in [4.69, 9.17) is 8.83 Å². The van der Waals surface area contributed by atoms with Crippen LogP contribution in [-0.2, 0) is 0 Å². The van der Waals surface area contributed by atoms with E-state index < -0.39 is 0 Å². The molecule has 0 aliphatic heterocycles. The first-order valence-corrected chi connectivity index (χ1v) is 4.10. The van der Waals surface area contributed by atoms with Gasteiger partial charge < -0.3 is 8.83 Å². The van der Waals surface area contributed by atoms with Gasteiger partial charge in [-0.1, -0.05) is 6.07 Å². The maximum absolute atomic E-state index is 5.19. The molecule has 67 valence electrons. The summed E-state index contributed by atoms with van der Waals surface area (Å²) in [7, 11) is 0. The number of rotatable bonds is 1. The zero-order chi connectivity index (χ0) is 9.38. The van der Waals surface area contributed by atoms with Crippen LogP contribution < -0.4 is 0 Å². The van der Waals surface area contributed by atoms with E-state index in [0.717, 1.165) is 11.1 Å². The molecule has 4 heteroatoms. The molecule has 0 bridgehead atoms. The Morgan fingerprint density at radius 1 is 1.29 bits per heavy atom. The molecule has 0 unspecified atom stereocenters. The minimum absolute atomic E-state index is 0.540. The smallest absolute Gasteiger partial charge is 0.284 e. The number of nitrogens with zero attached hydrogens (tertiary/aromatic N) is 2. The molecule has 2 aromatic heterocycles. The van der Waals surface area contributed by atoms with Crippen LogP contribution in [0.1, 0.15) is 0 Å². The summed E-state index contributed by atoms with van der Waals surface area (Å²) in [5, 5.41) is 0. The van der Waals surface area contributed by atoms with Gasteiger partial charge in [-0.3, -0.25) is 0 Å². The van der Waals surface area contributed by atoms with E-state index in [9.17, 15) is 0 Å². The molecule has 3 rings (SSSR count). The van der Waals surface area contributed by atoms with Gasteiger partial charge in [0.25, 0.3) is 6.39 Å². The lowest BCUT2D eigenvalue weighted by atomic mass is 10.2. The number of hydrogen-bond donors (Lipinski definition) is 0. The number of oxazole rings is 2. The maximum Gasteiger partial charge on any atom is 0.284 e. The molecule has 1 radical (unpaired) electrons. The van der Waals surface area contributed by atoms with Crippen LogP contribution in [0.2, 0.25) is 0 Å². The molecule has 0 aliphatic carbocycles. The van der Waals surface area contributed by atoms with Crippen LogP contribution in [0.4, 0.5) is 0 Å². The molecule has 0 saturated carbocycles. The lowest BCUT2D eigenvalue weighted by molar-refractivity contribution is 0.575. The molecular weight excluding hydrogens is 180 g/mol. The minimum atomic E-state index is 0.540. The van der Waals surface area contributed by atoms with Crippen LogP contribution >= 0.6 is 0 Å². The first-order chi connectivity index (χ1) is 6.95. The molecule has 2 heterocycles. The molecule has 0 aliphatic rings. The first kappa shape index (κ1) is 7.32. The second-order valence-electron chi connectivity index (χ2n) is 2.79. The molecular formula is C10H5N2O2. The quantitative estimate of drug-likeness (QED) is 0.583. The zero-order valence-electron chi connectivity index (χ0n) is 7.10. The highest BCUT2D eigenvalue weighted by molar-refractivity contribution is 5.87. The predicted octanol–water partition coefficient (Wildman–Crippen LogP) is 2.28. The Morgan fingerprint density at radius 3 is 3.14 bits per heavy atom. The van der Waals surface area contributed by atoms with E-state index in [1.54, 1.807) is 6.20 Å². The summed E-state index contributed by atoms with van der Waals surface area (Å²) in [6, 6.07) is 5.57. The summed E-state index contributed by atoms with van der Waals surface area (Å²) < 4.78 is 10.2. The molecule has 0 spiro atoms. The van der Waals surface area contributed by atoms with Crippen molar-refractivity contribution in [2.24, 2.45) is 0 Å². The van der Waals surface area contributed by atoms with Gasteiger partial charge in [-0.2, -0.15) is 0 Å². The fourth-order valence-corrected chi connectivity index (χ4v) is 1.37. The average molecular weight is 185 g/mol. The number of aromatic nitrogens is 2. The van der Waals surface area contributed by atoms with Crippen LogP contribution in [0.3, 0.4) is 0 Å². The van der Waals surface area contributed by atoms with Crippen LogP contribution in [0, 0.1) is 6.39 Å². The van der Waals surface area contributed by atoms with Crippen LogP contribution in [-0.4, -0.2) is 9.97 Å². The van der Waals surface area contributed by atoms with Crippen LogP contribution in [0.5, 0.6) is 0 Å². The number of para-hydroxylation sites is 1. The van der Waals surface area contributed by atoms with E-state index in [1.807, 2.05) is 18.2 Å². The predicted molar refractivity (Wildman–Crippen MR) is 48.3 cm³/mol. The highest BCUT2D eigenvalue weighted by atomic mass is 16.3. The van der Waals surface area contributed by atoms with E-state index in [0.29, 0.717) is 11.5 Å². The van der Waals surface area contributed by atoms with E-state index in [1.165, 1.54) is 6.26 Å². The molecule has 0 amide bonds. The van der Waals surface area contributed by atoms with Gasteiger partial charge in [0.05, 0.1) is 11.8 Å². The van der Waals surface area contributed by atoms with Crippen molar-refractivity contribution < 1.29 is 8.83 Å². The number of hydrogen-bond acceptors (Lipinski definition) is 4. The summed E-state index contributed by atoms with van der Waals surface area (Å²) >= 11 is 0. The minimum Gasteiger partial charge on any atom is -0.444 e. The van der Waals surface area contributed by atoms with Gasteiger partial charge in [0.1, 0.15) is 11.8 Å². The van der Waals surface area contributed by atoms with Crippen molar-refractivity contribution in [3.63, 3.8) is 0 Å². The van der Waals surface area contributed by atoms with Gasteiger partial charge in [0.2, 0.25) is 5.89 Å². The SMILES string of the molecule is [c]1nc2c(-c3ncco3)cccc2o1. The van der Waals surface area contributed by atoms with Crippen molar-refractivity contribution in [2.45, 2.75) is 0 Å². The average Bonchev–Trinajstić information content (AvgIpc) is 2.88. The van der Waals surface area contributed by atoms with Crippen molar-refractivity contribution in [1.82, 2.24) is 9.97 Å². The Morgan fingerprint density at radius 2 is 2.29 bits per heavy atom. The fraction of sp³-hybridized carbons (Fsp3) is 0. The highest BCUT2D eigenvalue weighted by Crippen LogP contribution is 2.25. The van der Waals surface area contributed by atoms with Crippen molar-refractivity contribution >= 4 is 11.1 Å². The lowest BCUT2D eigenvalue weighted by Crippen LogP contribution is -1.79. The van der Waals surface area contributed by atoms with Gasteiger partial charge in [-0.05, 0) is 12.1 Å². The Balaban J connectivity index is 2.36. The van der Waals surface area contributed by atoms with Gasteiger partial charge in [0, 0.05) is 0 Å². The van der Waals surface area contributed by atoms with Crippen molar-refractivity contribution in [2.75, 3.05) is 0 Å². The summed E-state index contributed by atoms with van der Waals surface area (Å²) in [6.45, 7) is 0. The Labute approximate surface area is 79.2 Å². The van der Waals surface area contributed by atoms with Gasteiger partial charge in [-0.25, -0.2) is 9.97 Å². The van der Waals surface area contributed by atoms with Crippen LogP contribution in [0.25, 0.3) is 22.6 Å². The fourth-order valence-electron chi connectivity index (χ4n) is 1.37. The van der Waals surface area contributed by atoms with Gasteiger partial charge >= 0.3 is 0 Å². The van der Waals surface area contributed by atoms with Crippen LogP contribution in [0.15, 0.2) is 39.5 Å². The lowest BCUT2D eigenvalue weighted by Gasteiger charge is -1.94. The Kier molecular flexibility index (Phi) is 1.41. The molecule has 0 saturated heterocycles. The summed E-state index contributed by atoms with van der Waals surface area (Å²) in [4.78, 5) is 8.04. The van der Waals surface area contributed by atoms with Crippen molar-refractivity contribution in [3.8, 4) is 11.5 Å². The Bertz CT molecular complexity index is 554. The van der Waals surface area contributed by atoms with E-state index in [-0.39, 0.29) is 0 Å². The second-order valence-corrected chi connectivity index (χ2v) is 2.79. The molecule has 0 fully saturated rings. The normalized spacial score (nSPS) is 10.9. The number of benzene rings is 1. The first-order valence-electron chi connectivity index (χ1n) is 4.10. The molecule has 0 N–H and O–H groups in total. The highest BCUT2D eigenvalue weighted by Gasteiger charge is 2.10. The summed E-state index contributed by atoms with van der Waals surface area (Å²) in [5.74, 6) is 0.540. The zero-order valence-corrected chi connectivity index (χ0v) is 7.10. The van der Waals surface area contributed by atoms with Crippen molar-refractivity contribution in [1.29, 1.82) is 0 Å². The third-order valence-electron chi connectivity index (χ3n) is 1.97. The standard InChI is InChI=1S/C10H5N2O2/c1-2-7(10-11-4-5-13-10)9-8(3-1)14-6-12-9/h1-5H. The number of fused-ring (bicyclic) bond motifs is 1. The maximum atomic E-state index is 5.19. The molecule has 4 nitrogen and oxygen atoms in total. The third-order valence-corrected chi connectivity index (χ3v) is 1.97. The molecule has 1 aromatic carbocycles. The van der Waals surface area contributed by atoms with Crippen molar-refractivity contribution in [3.05, 3.63) is 37.1 Å². The third kappa shape index (κ3) is 0.939. The monoisotopic (exact) mass is 185 g/mol.